The first-order valence-electron chi connectivity index (χ1n) is 7.82. The molecular formula is C17H21N5O2S. The van der Waals surface area contributed by atoms with Crippen LogP contribution in [-0.4, -0.2) is 34.4 Å². The molecule has 0 saturated carbocycles. The summed E-state index contributed by atoms with van der Waals surface area (Å²) in [6.45, 7) is 7.85. The van der Waals surface area contributed by atoms with E-state index in [-0.39, 0.29) is 16.3 Å². The SMILES string of the molecule is Cc1cccc(-c2nc(S(C)(=O)=O)nc3nn(C(C)(C)C)c(N)c23)c1. The summed E-state index contributed by atoms with van der Waals surface area (Å²) in [6.07, 6.45) is 1.08. The summed E-state index contributed by atoms with van der Waals surface area (Å²) in [5.74, 6) is 0.416. The Morgan fingerprint density at radius 2 is 1.84 bits per heavy atom. The molecule has 7 nitrogen and oxygen atoms in total. The fourth-order valence-corrected chi connectivity index (χ4v) is 3.18. The second-order valence-electron chi connectivity index (χ2n) is 7.16. The van der Waals surface area contributed by atoms with E-state index < -0.39 is 9.84 Å². The van der Waals surface area contributed by atoms with E-state index in [1.807, 2.05) is 52.0 Å². The fourth-order valence-electron chi connectivity index (χ4n) is 2.67. The van der Waals surface area contributed by atoms with Gasteiger partial charge in [-0.25, -0.2) is 18.1 Å². The lowest BCUT2D eigenvalue weighted by molar-refractivity contribution is 0.364. The van der Waals surface area contributed by atoms with Crippen LogP contribution in [-0.2, 0) is 15.4 Å². The smallest absolute Gasteiger partial charge is 0.249 e. The van der Waals surface area contributed by atoms with Crippen LogP contribution >= 0.6 is 0 Å². The number of rotatable bonds is 2. The molecule has 3 aromatic rings. The number of anilines is 1. The minimum atomic E-state index is -3.59. The van der Waals surface area contributed by atoms with Gasteiger partial charge < -0.3 is 5.73 Å². The third-order valence-electron chi connectivity index (χ3n) is 3.81. The molecule has 8 heteroatoms. The molecule has 0 aliphatic rings. The van der Waals surface area contributed by atoms with Crippen molar-refractivity contribution in [2.75, 3.05) is 12.0 Å². The quantitative estimate of drug-likeness (QED) is 0.705. The summed E-state index contributed by atoms with van der Waals surface area (Å²) in [5, 5.41) is 4.75. The van der Waals surface area contributed by atoms with Crippen LogP contribution in [0.5, 0.6) is 0 Å². The van der Waals surface area contributed by atoms with Gasteiger partial charge in [-0.15, -0.1) is 5.10 Å². The van der Waals surface area contributed by atoms with E-state index in [0.29, 0.717) is 16.9 Å². The van der Waals surface area contributed by atoms with Crippen LogP contribution in [0.25, 0.3) is 22.3 Å². The lowest BCUT2D eigenvalue weighted by Crippen LogP contribution is -2.24. The zero-order valence-corrected chi connectivity index (χ0v) is 15.7. The standard InChI is InChI=1S/C17H21N5O2S/c1-10-7-6-8-11(9-10)13-12-14(18)22(17(2,3)4)21-15(12)20-16(19-13)25(5,23)24/h6-9H,18H2,1-5H3. The first-order chi connectivity index (χ1) is 11.5. The lowest BCUT2D eigenvalue weighted by atomic mass is 10.1. The highest BCUT2D eigenvalue weighted by Gasteiger charge is 2.25. The van der Waals surface area contributed by atoms with Crippen molar-refractivity contribution in [2.24, 2.45) is 0 Å². The maximum Gasteiger partial charge on any atom is 0.249 e. The molecule has 2 heterocycles. The molecule has 0 aliphatic carbocycles. The molecule has 0 amide bonds. The monoisotopic (exact) mass is 359 g/mol. The Balaban J connectivity index is 2.46. The Morgan fingerprint density at radius 3 is 2.40 bits per heavy atom. The summed E-state index contributed by atoms with van der Waals surface area (Å²) in [6, 6.07) is 7.65. The number of nitrogens with two attached hydrogens (primary N) is 1. The molecule has 0 unspecified atom stereocenters. The summed E-state index contributed by atoms with van der Waals surface area (Å²) in [7, 11) is -3.59. The first-order valence-corrected chi connectivity index (χ1v) is 9.71. The molecule has 3 rings (SSSR count). The lowest BCUT2D eigenvalue weighted by Gasteiger charge is -2.20. The normalized spacial score (nSPS) is 12.7. The second kappa shape index (κ2) is 5.52. The zero-order valence-electron chi connectivity index (χ0n) is 14.9. The van der Waals surface area contributed by atoms with Crippen molar-refractivity contribution in [1.82, 2.24) is 19.7 Å². The largest absolute Gasteiger partial charge is 0.383 e. The van der Waals surface area contributed by atoms with Gasteiger partial charge in [-0.3, -0.25) is 0 Å². The number of aryl methyl sites for hydroxylation is 1. The van der Waals surface area contributed by atoms with Gasteiger partial charge >= 0.3 is 0 Å². The fraction of sp³-hybridized carbons (Fsp3) is 0.353. The van der Waals surface area contributed by atoms with Crippen molar-refractivity contribution >= 4 is 26.7 Å². The molecule has 0 saturated heterocycles. The zero-order chi connectivity index (χ0) is 18.6. The van der Waals surface area contributed by atoms with E-state index in [9.17, 15) is 8.42 Å². The highest BCUT2D eigenvalue weighted by Crippen LogP contribution is 2.33. The van der Waals surface area contributed by atoms with Crippen molar-refractivity contribution in [1.29, 1.82) is 0 Å². The Hall–Kier alpha value is -2.48. The number of fused-ring (bicyclic) bond motifs is 1. The van der Waals surface area contributed by atoms with Gasteiger partial charge in [-0.2, -0.15) is 4.98 Å². The van der Waals surface area contributed by atoms with Gasteiger partial charge in [-0.05, 0) is 33.8 Å². The maximum absolute atomic E-state index is 12.0. The van der Waals surface area contributed by atoms with E-state index in [2.05, 4.69) is 15.1 Å². The first kappa shape index (κ1) is 17.3. The van der Waals surface area contributed by atoms with Gasteiger partial charge in [-0.1, -0.05) is 23.8 Å². The van der Waals surface area contributed by atoms with Crippen molar-refractivity contribution in [3.05, 3.63) is 29.8 Å². The van der Waals surface area contributed by atoms with Crippen molar-refractivity contribution in [3.63, 3.8) is 0 Å². The number of sulfone groups is 1. The van der Waals surface area contributed by atoms with E-state index >= 15 is 0 Å². The highest BCUT2D eigenvalue weighted by atomic mass is 32.2. The minimum absolute atomic E-state index is 0.255. The molecule has 0 spiro atoms. The number of hydrogen-bond acceptors (Lipinski definition) is 6. The number of benzene rings is 1. The summed E-state index contributed by atoms with van der Waals surface area (Å²) in [5.41, 5.74) is 8.52. The second-order valence-corrected chi connectivity index (χ2v) is 9.07. The van der Waals surface area contributed by atoms with Gasteiger partial charge in [0.2, 0.25) is 15.0 Å². The molecule has 25 heavy (non-hydrogen) atoms. The summed E-state index contributed by atoms with van der Waals surface area (Å²) in [4.78, 5) is 8.45. The van der Waals surface area contributed by atoms with Gasteiger partial charge in [0.05, 0.1) is 16.6 Å². The number of aromatic nitrogens is 4. The van der Waals surface area contributed by atoms with Crippen LogP contribution in [0.4, 0.5) is 5.82 Å². The van der Waals surface area contributed by atoms with E-state index in [1.165, 1.54) is 0 Å². The van der Waals surface area contributed by atoms with E-state index in [0.717, 1.165) is 17.4 Å². The molecule has 0 fully saturated rings. The average Bonchev–Trinajstić information content (AvgIpc) is 2.83. The van der Waals surface area contributed by atoms with Gasteiger partial charge in [0.25, 0.3) is 0 Å². The van der Waals surface area contributed by atoms with Crippen LogP contribution in [0.15, 0.2) is 29.4 Å². The molecule has 1 aromatic carbocycles. The summed E-state index contributed by atoms with van der Waals surface area (Å²) < 4.78 is 25.7. The number of nitrogens with zero attached hydrogens (tertiary/aromatic N) is 4. The molecular weight excluding hydrogens is 338 g/mol. The Labute approximate surface area is 146 Å². The van der Waals surface area contributed by atoms with Crippen molar-refractivity contribution in [2.45, 2.75) is 38.4 Å². The van der Waals surface area contributed by atoms with Gasteiger partial charge in [0.1, 0.15) is 5.82 Å². The molecule has 0 aliphatic heterocycles. The Bertz CT molecular complexity index is 1080. The van der Waals surface area contributed by atoms with Crippen LogP contribution in [0, 0.1) is 6.92 Å². The van der Waals surface area contributed by atoms with Crippen LogP contribution in [0.1, 0.15) is 26.3 Å². The summed E-state index contributed by atoms with van der Waals surface area (Å²) >= 11 is 0. The van der Waals surface area contributed by atoms with Crippen LogP contribution < -0.4 is 5.73 Å². The van der Waals surface area contributed by atoms with Gasteiger partial charge in [0.15, 0.2) is 5.65 Å². The molecule has 2 aromatic heterocycles. The Kier molecular flexibility index (Phi) is 3.83. The third kappa shape index (κ3) is 3.09. The average molecular weight is 359 g/mol. The van der Waals surface area contributed by atoms with Crippen LogP contribution in [0.2, 0.25) is 0 Å². The predicted octanol–water partition coefficient (Wildman–Crippen LogP) is 2.54. The van der Waals surface area contributed by atoms with Gasteiger partial charge in [0, 0.05) is 11.8 Å². The predicted molar refractivity (Wildman–Crippen MR) is 98.0 cm³/mol. The minimum Gasteiger partial charge on any atom is -0.383 e. The molecule has 132 valence electrons. The molecule has 0 atom stereocenters. The third-order valence-corrected chi connectivity index (χ3v) is 4.65. The Morgan fingerprint density at radius 1 is 1.16 bits per heavy atom. The van der Waals surface area contributed by atoms with Crippen LogP contribution in [0.3, 0.4) is 0 Å². The van der Waals surface area contributed by atoms with E-state index in [1.54, 1.807) is 4.68 Å². The molecule has 0 bridgehead atoms. The number of hydrogen-bond donors (Lipinski definition) is 1. The molecule has 2 N–H and O–H groups in total. The number of nitrogen functional groups attached to an aromatic ring is 1. The highest BCUT2D eigenvalue weighted by molar-refractivity contribution is 7.90. The van der Waals surface area contributed by atoms with Crippen molar-refractivity contribution in [3.8, 4) is 11.3 Å². The molecule has 0 radical (unpaired) electrons. The maximum atomic E-state index is 12.0. The van der Waals surface area contributed by atoms with Crippen molar-refractivity contribution < 1.29 is 8.42 Å². The topological polar surface area (TPSA) is 104 Å². The van der Waals surface area contributed by atoms with E-state index in [4.69, 9.17) is 5.73 Å².